The third kappa shape index (κ3) is 8.41. The normalized spacial score (nSPS) is 19.8. The first-order valence-electron chi connectivity index (χ1n) is 14.4. The summed E-state index contributed by atoms with van der Waals surface area (Å²) in [7, 11) is 0. The van der Waals surface area contributed by atoms with Gasteiger partial charge in [-0.1, -0.05) is 108 Å². The number of nitrogens with zero attached hydrogens (tertiary/aromatic N) is 1. The van der Waals surface area contributed by atoms with E-state index in [1.807, 2.05) is 72.8 Å². The van der Waals surface area contributed by atoms with Gasteiger partial charge < -0.3 is 25.0 Å². The minimum atomic E-state index is -2.03. The molecule has 0 aliphatic carbocycles. The first-order valence-corrected chi connectivity index (χ1v) is 16.5. The largest absolute Gasteiger partial charge is 0.478 e. The number of halogens is 3. The number of thioether (sulfide) groups is 1. The molecule has 1 aliphatic heterocycles. The fourth-order valence-corrected chi connectivity index (χ4v) is 6.47. The van der Waals surface area contributed by atoms with Gasteiger partial charge in [-0.3, -0.25) is 4.79 Å². The van der Waals surface area contributed by atoms with Gasteiger partial charge in [-0.2, -0.15) is 0 Å². The molecule has 5 rings (SSSR count). The molecule has 0 saturated carbocycles. The standard InChI is InChI=1S/C34H31Cl3N2O6S/c1-20-28(19-46-30-27(31(41)42)6-3-15-38-30)44-32(45-29(20)24-9-7-21(18-40)8-10-24)25-13-11-23(12-14-25)26-5-2-4-22(16-26)17-39-33(43)34(35,36)37/h2-16,20,28-29,32,40H,17-19H2,1H3,(H,39,43)(H,41,42)/t20-,28+,29+,32+/m0/s1. The van der Waals surface area contributed by atoms with E-state index in [4.69, 9.17) is 44.3 Å². The molecular formula is C34H31Cl3N2O6S. The van der Waals surface area contributed by atoms with Crippen LogP contribution in [0.2, 0.25) is 0 Å². The third-order valence-corrected chi connectivity index (χ3v) is 9.27. The van der Waals surface area contributed by atoms with Crippen LogP contribution in [-0.4, -0.2) is 42.7 Å². The Morgan fingerprint density at radius 1 is 0.913 bits per heavy atom. The van der Waals surface area contributed by atoms with Crippen molar-refractivity contribution in [2.75, 3.05) is 5.75 Å². The molecule has 0 radical (unpaired) electrons. The summed E-state index contributed by atoms with van der Waals surface area (Å²) in [5, 5.41) is 22.2. The van der Waals surface area contributed by atoms with E-state index < -0.39 is 22.0 Å². The number of aromatic carboxylic acids is 1. The zero-order chi connectivity index (χ0) is 32.8. The van der Waals surface area contributed by atoms with Crippen molar-refractivity contribution >= 4 is 58.4 Å². The van der Waals surface area contributed by atoms with Crippen LogP contribution in [0.1, 0.15) is 51.9 Å². The molecule has 1 fully saturated rings. The predicted molar refractivity (Wildman–Crippen MR) is 179 cm³/mol. The van der Waals surface area contributed by atoms with Crippen LogP contribution in [0, 0.1) is 5.92 Å². The number of aromatic nitrogens is 1. The molecule has 1 saturated heterocycles. The molecule has 4 atom stereocenters. The molecule has 3 N–H and O–H groups in total. The van der Waals surface area contributed by atoms with Crippen LogP contribution in [0.5, 0.6) is 0 Å². The summed E-state index contributed by atoms with van der Waals surface area (Å²) < 4.78 is 11.0. The van der Waals surface area contributed by atoms with Gasteiger partial charge in [0.2, 0.25) is 0 Å². The summed E-state index contributed by atoms with van der Waals surface area (Å²) in [6.45, 7) is 2.20. The SMILES string of the molecule is C[C@H]1[C@@H](CSc2ncccc2C(=O)O)O[C@@H](c2ccc(-c3cccc(CNC(=O)C(Cl)(Cl)Cl)c3)cc2)O[C@H]1c1ccc(CO)cc1. The summed E-state index contributed by atoms with van der Waals surface area (Å²) in [6.07, 6.45) is 0.270. The number of hydrogen-bond donors (Lipinski definition) is 3. The molecule has 1 aromatic heterocycles. The van der Waals surface area contributed by atoms with Crippen molar-refractivity contribution in [3.8, 4) is 11.1 Å². The summed E-state index contributed by atoms with van der Waals surface area (Å²) in [5.41, 5.74) is 5.44. The van der Waals surface area contributed by atoms with Crippen molar-refractivity contribution in [2.24, 2.45) is 5.92 Å². The monoisotopic (exact) mass is 700 g/mol. The predicted octanol–water partition coefficient (Wildman–Crippen LogP) is 7.51. The van der Waals surface area contributed by atoms with E-state index in [0.29, 0.717) is 10.8 Å². The number of carbonyl (C=O) groups is 2. The Hall–Kier alpha value is -3.15. The first kappa shape index (κ1) is 34.2. The van der Waals surface area contributed by atoms with Gasteiger partial charge in [0, 0.05) is 30.0 Å². The van der Waals surface area contributed by atoms with Gasteiger partial charge in [0.1, 0.15) is 5.03 Å². The zero-order valence-electron chi connectivity index (χ0n) is 24.6. The molecule has 240 valence electrons. The molecule has 12 heteroatoms. The van der Waals surface area contributed by atoms with Crippen molar-refractivity contribution in [1.29, 1.82) is 0 Å². The number of alkyl halides is 3. The van der Waals surface area contributed by atoms with Crippen LogP contribution in [-0.2, 0) is 27.4 Å². The highest BCUT2D eigenvalue weighted by atomic mass is 35.6. The van der Waals surface area contributed by atoms with Gasteiger partial charge in [0.15, 0.2) is 6.29 Å². The minimum Gasteiger partial charge on any atom is -0.478 e. The number of aliphatic hydroxyl groups is 1. The highest BCUT2D eigenvalue weighted by molar-refractivity contribution is 7.99. The lowest BCUT2D eigenvalue weighted by molar-refractivity contribution is -0.268. The second-order valence-electron chi connectivity index (χ2n) is 10.8. The Morgan fingerprint density at radius 3 is 2.30 bits per heavy atom. The van der Waals surface area contributed by atoms with Gasteiger partial charge >= 0.3 is 5.97 Å². The zero-order valence-corrected chi connectivity index (χ0v) is 27.7. The number of amides is 1. The Balaban J connectivity index is 1.36. The number of hydrogen-bond acceptors (Lipinski definition) is 7. The van der Waals surface area contributed by atoms with Crippen LogP contribution < -0.4 is 5.32 Å². The maximum atomic E-state index is 12.0. The Bertz CT molecular complexity index is 1670. The highest BCUT2D eigenvalue weighted by Gasteiger charge is 2.38. The van der Waals surface area contributed by atoms with Crippen LogP contribution in [0.15, 0.2) is 96.2 Å². The molecule has 1 aliphatic rings. The molecule has 4 aromatic rings. The van der Waals surface area contributed by atoms with E-state index in [-0.39, 0.29) is 36.8 Å². The molecule has 8 nitrogen and oxygen atoms in total. The first-order chi connectivity index (χ1) is 22.0. The lowest BCUT2D eigenvalue weighted by atomic mass is 9.91. The van der Waals surface area contributed by atoms with Crippen molar-refractivity contribution < 1.29 is 29.3 Å². The fourth-order valence-electron chi connectivity index (χ4n) is 5.12. The number of rotatable bonds is 10. The third-order valence-electron chi connectivity index (χ3n) is 7.66. The lowest BCUT2D eigenvalue weighted by Crippen LogP contribution is -2.38. The lowest BCUT2D eigenvalue weighted by Gasteiger charge is -2.41. The van der Waals surface area contributed by atoms with E-state index in [1.54, 1.807) is 12.3 Å². The molecule has 0 bridgehead atoms. The molecule has 46 heavy (non-hydrogen) atoms. The average Bonchev–Trinajstić information content (AvgIpc) is 3.06. The molecular weight excluding hydrogens is 671 g/mol. The summed E-state index contributed by atoms with van der Waals surface area (Å²) >= 11 is 18.3. The van der Waals surface area contributed by atoms with Crippen molar-refractivity contribution in [2.45, 2.75) is 47.4 Å². The number of benzene rings is 3. The van der Waals surface area contributed by atoms with Gasteiger partial charge in [-0.15, -0.1) is 11.8 Å². The van der Waals surface area contributed by atoms with Crippen LogP contribution in [0.25, 0.3) is 11.1 Å². The summed E-state index contributed by atoms with van der Waals surface area (Å²) in [4.78, 5) is 28.0. The van der Waals surface area contributed by atoms with Crippen molar-refractivity contribution in [3.63, 3.8) is 0 Å². The molecule has 1 amide bonds. The van der Waals surface area contributed by atoms with E-state index in [2.05, 4.69) is 17.2 Å². The number of ether oxygens (including phenoxy) is 2. The molecule has 2 heterocycles. The summed E-state index contributed by atoms with van der Waals surface area (Å²) in [6, 6.07) is 26.3. The quantitative estimate of drug-likeness (QED) is 0.115. The second-order valence-corrected chi connectivity index (χ2v) is 14.1. The van der Waals surface area contributed by atoms with Crippen LogP contribution in [0.3, 0.4) is 0 Å². The maximum Gasteiger partial charge on any atom is 0.338 e. The van der Waals surface area contributed by atoms with E-state index in [1.165, 1.54) is 17.8 Å². The number of carboxylic acid groups (broad SMARTS) is 1. The molecule has 0 unspecified atom stereocenters. The van der Waals surface area contributed by atoms with Crippen molar-refractivity contribution in [1.82, 2.24) is 10.3 Å². The molecule has 3 aromatic carbocycles. The summed E-state index contributed by atoms with van der Waals surface area (Å²) in [5.74, 6) is -1.35. The highest BCUT2D eigenvalue weighted by Crippen LogP contribution is 2.43. The number of aliphatic hydroxyl groups excluding tert-OH is 1. The van der Waals surface area contributed by atoms with Gasteiger partial charge in [-0.05, 0) is 46.0 Å². The van der Waals surface area contributed by atoms with Crippen LogP contribution in [0.4, 0.5) is 0 Å². The second kappa shape index (κ2) is 15.2. The fraction of sp³-hybridized carbons (Fsp3) is 0.265. The smallest absolute Gasteiger partial charge is 0.338 e. The number of nitrogens with one attached hydrogen (secondary N) is 1. The van der Waals surface area contributed by atoms with E-state index in [9.17, 15) is 19.8 Å². The Morgan fingerprint density at radius 2 is 1.63 bits per heavy atom. The Labute approximate surface area is 286 Å². The van der Waals surface area contributed by atoms with Crippen LogP contribution >= 0.6 is 46.6 Å². The van der Waals surface area contributed by atoms with Gasteiger partial charge in [0.25, 0.3) is 9.70 Å². The van der Waals surface area contributed by atoms with Gasteiger partial charge in [-0.25, -0.2) is 9.78 Å². The van der Waals surface area contributed by atoms with Crippen molar-refractivity contribution in [3.05, 3.63) is 119 Å². The number of carboxylic acids is 1. The van der Waals surface area contributed by atoms with E-state index in [0.717, 1.165) is 33.4 Å². The van der Waals surface area contributed by atoms with Gasteiger partial charge in [0.05, 0.1) is 24.4 Å². The maximum absolute atomic E-state index is 12.0. The minimum absolute atomic E-state index is 0.0544. The number of pyridine rings is 1. The average molecular weight is 702 g/mol. The molecule has 0 spiro atoms. The van der Waals surface area contributed by atoms with E-state index >= 15 is 0 Å². The number of carbonyl (C=O) groups excluding carboxylic acids is 1. The Kier molecular flexibility index (Phi) is 11.3. The topological polar surface area (TPSA) is 118 Å².